The van der Waals surface area contributed by atoms with Gasteiger partial charge in [-0.25, -0.2) is 4.79 Å². The van der Waals surface area contributed by atoms with Crippen molar-refractivity contribution in [3.8, 4) is 0 Å². The second-order valence-electron chi connectivity index (χ2n) is 2.95. The van der Waals surface area contributed by atoms with Crippen LogP contribution in [0, 0.1) is 0 Å². The Morgan fingerprint density at radius 1 is 1.50 bits per heavy atom. The number of carbonyl (C=O) groups is 1. The van der Waals surface area contributed by atoms with Crippen molar-refractivity contribution in [1.29, 1.82) is 0 Å². The molecule has 0 spiro atoms. The Kier molecular flexibility index (Phi) is 1.29. The highest BCUT2D eigenvalue weighted by atomic mass is 16.6. The van der Waals surface area contributed by atoms with Gasteiger partial charge in [0, 0.05) is 6.54 Å². The first-order valence-electron chi connectivity index (χ1n) is 3.82. The first-order chi connectivity index (χ1) is 4.86. The SMILES string of the molecule is O=C1OC2CCCCN1C2. The maximum absolute atomic E-state index is 10.9. The van der Waals surface area contributed by atoms with Crippen molar-refractivity contribution < 1.29 is 9.53 Å². The van der Waals surface area contributed by atoms with E-state index in [1.807, 2.05) is 0 Å². The molecule has 2 saturated heterocycles. The summed E-state index contributed by atoms with van der Waals surface area (Å²) >= 11 is 0. The van der Waals surface area contributed by atoms with Gasteiger partial charge in [-0.2, -0.15) is 0 Å². The van der Waals surface area contributed by atoms with Crippen LogP contribution in [-0.2, 0) is 4.74 Å². The van der Waals surface area contributed by atoms with Gasteiger partial charge >= 0.3 is 6.09 Å². The Hall–Kier alpha value is -0.730. The molecule has 2 rings (SSSR count). The van der Waals surface area contributed by atoms with E-state index in [4.69, 9.17) is 4.74 Å². The van der Waals surface area contributed by atoms with Gasteiger partial charge in [-0.1, -0.05) is 0 Å². The van der Waals surface area contributed by atoms with Crippen LogP contribution in [-0.4, -0.2) is 30.2 Å². The van der Waals surface area contributed by atoms with E-state index in [1.54, 1.807) is 4.90 Å². The third kappa shape index (κ3) is 0.856. The van der Waals surface area contributed by atoms with Gasteiger partial charge in [-0.05, 0) is 19.3 Å². The molecule has 0 aliphatic carbocycles. The van der Waals surface area contributed by atoms with E-state index in [2.05, 4.69) is 0 Å². The van der Waals surface area contributed by atoms with E-state index < -0.39 is 0 Å². The quantitative estimate of drug-likeness (QED) is 0.503. The summed E-state index contributed by atoms with van der Waals surface area (Å²) in [5, 5.41) is 0. The minimum absolute atomic E-state index is 0.107. The summed E-state index contributed by atoms with van der Waals surface area (Å²) in [7, 11) is 0. The van der Waals surface area contributed by atoms with Crippen LogP contribution in [0.4, 0.5) is 4.79 Å². The zero-order chi connectivity index (χ0) is 6.97. The van der Waals surface area contributed by atoms with Crippen molar-refractivity contribution >= 4 is 6.09 Å². The molecule has 2 bridgehead atoms. The Balaban J connectivity index is 2.09. The average Bonchev–Trinajstić information content (AvgIpc) is 2.18. The minimum atomic E-state index is -0.107. The normalized spacial score (nSPS) is 31.8. The number of hydrogen-bond acceptors (Lipinski definition) is 2. The predicted octanol–water partition coefficient (Wildman–Crippen LogP) is 0.991. The van der Waals surface area contributed by atoms with Gasteiger partial charge in [0.1, 0.15) is 6.10 Å². The third-order valence-electron chi connectivity index (χ3n) is 2.15. The molecular formula is C7H11NO2. The maximum Gasteiger partial charge on any atom is 0.410 e. The fraction of sp³-hybridized carbons (Fsp3) is 0.857. The van der Waals surface area contributed by atoms with Crippen LogP contribution in [0.5, 0.6) is 0 Å². The van der Waals surface area contributed by atoms with Gasteiger partial charge in [0.2, 0.25) is 0 Å². The van der Waals surface area contributed by atoms with Gasteiger partial charge in [0.05, 0.1) is 6.54 Å². The summed E-state index contributed by atoms with van der Waals surface area (Å²) in [4.78, 5) is 12.7. The molecule has 3 nitrogen and oxygen atoms in total. The van der Waals surface area contributed by atoms with E-state index in [0.717, 1.165) is 25.9 Å². The second-order valence-corrected chi connectivity index (χ2v) is 2.95. The molecule has 0 N–H and O–H groups in total. The van der Waals surface area contributed by atoms with Crippen LogP contribution >= 0.6 is 0 Å². The van der Waals surface area contributed by atoms with Crippen LogP contribution in [0.1, 0.15) is 19.3 Å². The molecule has 0 aromatic heterocycles. The Bertz CT molecular complexity index is 158. The summed E-state index contributed by atoms with van der Waals surface area (Å²) in [5.74, 6) is 0. The van der Waals surface area contributed by atoms with Crippen LogP contribution in [0.25, 0.3) is 0 Å². The molecule has 0 saturated carbocycles. The maximum atomic E-state index is 10.9. The van der Waals surface area contributed by atoms with Gasteiger partial charge in [-0.3, -0.25) is 0 Å². The van der Waals surface area contributed by atoms with Crippen LogP contribution in [0.3, 0.4) is 0 Å². The van der Waals surface area contributed by atoms with E-state index in [1.165, 1.54) is 6.42 Å². The highest BCUT2D eigenvalue weighted by Crippen LogP contribution is 2.20. The topological polar surface area (TPSA) is 29.5 Å². The summed E-state index contributed by atoms with van der Waals surface area (Å²) in [6.45, 7) is 1.73. The van der Waals surface area contributed by atoms with Crippen molar-refractivity contribution in [2.45, 2.75) is 25.4 Å². The standard InChI is InChI=1S/C7H11NO2/c9-7-8-4-2-1-3-6(5-8)10-7/h6H,1-5H2. The summed E-state index contributed by atoms with van der Waals surface area (Å²) < 4.78 is 5.05. The summed E-state index contributed by atoms with van der Waals surface area (Å²) in [6.07, 6.45) is 3.50. The number of rotatable bonds is 0. The Morgan fingerprint density at radius 2 is 2.40 bits per heavy atom. The lowest BCUT2D eigenvalue weighted by molar-refractivity contribution is 0.122. The van der Waals surface area contributed by atoms with Crippen LogP contribution < -0.4 is 0 Å². The number of nitrogens with zero attached hydrogens (tertiary/aromatic N) is 1. The fourth-order valence-corrected chi connectivity index (χ4v) is 1.58. The van der Waals surface area contributed by atoms with E-state index >= 15 is 0 Å². The predicted molar refractivity (Wildman–Crippen MR) is 35.7 cm³/mol. The van der Waals surface area contributed by atoms with Gasteiger partial charge in [-0.15, -0.1) is 0 Å². The van der Waals surface area contributed by atoms with Crippen molar-refractivity contribution in [1.82, 2.24) is 4.90 Å². The van der Waals surface area contributed by atoms with E-state index in [0.29, 0.717) is 0 Å². The molecule has 1 unspecified atom stereocenters. The zero-order valence-corrected chi connectivity index (χ0v) is 5.88. The van der Waals surface area contributed by atoms with E-state index in [9.17, 15) is 4.79 Å². The Labute approximate surface area is 60.0 Å². The lowest BCUT2D eigenvalue weighted by Crippen LogP contribution is -2.24. The third-order valence-corrected chi connectivity index (χ3v) is 2.15. The number of amides is 1. The molecule has 10 heavy (non-hydrogen) atoms. The molecule has 0 aromatic carbocycles. The van der Waals surface area contributed by atoms with Gasteiger partial charge < -0.3 is 9.64 Å². The molecule has 56 valence electrons. The molecule has 2 aliphatic heterocycles. The first kappa shape index (κ1) is 6.01. The highest BCUT2D eigenvalue weighted by Gasteiger charge is 2.32. The van der Waals surface area contributed by atoms with Crippen molar-refractivity contribution in [3.63, 3.8) is 0 Å². The van der Waals surface area contributed by atoms with Crippen molar-refractivity contribution in [3.05, 3.63) is 0 Å². The second kappa shape index (κ2) is 2.15. The largest absolute Gasteiger partial charge is 0.444 e. The molecule has 2 aliphatic rings. The summed E-state index contributed by atoms with van der Waals surface area (Å²) in [6, 6.07) is 0. The minimum Gasteiger partial charge on any atom is -0.444 e. The molecule has 0 radical (unpaired) electrons. The molecule has 2 heterocycles. The molecule has 1 amide bonds. The van der Waals surface area contributed by atoms with Crippen molar-refractivity contribution in [2.75, 3.05) is 13.1 Å². The monoisotopic (exact) mass is 141 g/mol. The fourth-order valence-electron chi connectivity index (χ4n) is 1.58. The smallest absolute Gasteiger partial charge is 0.410 e. The highest BCUT2D eigenvalue weighted by molar-refractivity contribution is 5.69. The molecule has 1 atom stereocenters. The lowest BCUT2D eigenvalue weighted by atomic mass is 10.2. The number of carbonyl (C=O) groups excluding carboxylic acids is 1. The van der Waals surface area contributed by atoms with Crippen LogP contribution in [0.15, 0.2) is 0 Å². The average molecular weight is 141 g/mol. The van der Waals surface area contributed by atoms with Crippen molar-refractivity contribution in [2.24, 2.45) is 0 Å². The lowest BCUT2D eigenvalue weighted by Gasteiger charge is -2.10. The number of ether oxygens (including phenoxy) is 1. The van der Waals surface area contributed by atoms with E-state index in [-0.39, 0.29) is 12.2 Å². The zero-order valence-electron chi connectivity index (χ0n) is 5.88. The van der Waals surface area contributed by atoms with Crippen LogP contribution in [0.2, 0.25) is 0 Å². The molecule has 2 fully saturated rings. The van der Waals surface area contributed by atoms with Gasteiger partial charge in [0.25, 0.3) is 0 Å². The molecule has 0 aromatic rings. The number of fused-ring (bicyclic) bond motifs is 2. The molecule has 3 heteroatoms. The number of hydrogen-bond donors (Lipinski definition) is 0. The summed E-state index contributed by atoms with van der Waals surface area (Å²) in [5.41, 5.74) is 0. The molecular weight excluding hydrogens is 130 g/mol. The van der Waals surface area contributed by atoms with Gasteiger partial charge in [0.15, 0.2) is 0 Å². The Morgan fingerprint density at radius 3 is 3.30 bits per heavy atom. The first-order valence-corrected chi connectivity index (χ1v) is 3.82.